The molecule has 0 saturated carbocycles. The Morgan fingerprint density at radius 2 is 2.00 bits per heavy atom. The Bertz CT molecular complexity index is 716. The summed E-state index contributed by atoms with van der Waals surface area (Å²) in [5.41, 5.74) is 3.09. The molecule has 0 N–H and O–H groups in total. The first-order valence-corrected chi connectivity index (χ1v) is 6.46. The van der Waals surface area contributed by atoms with Gasteiger partial charge in [0.05, 0.1) is 6.26 Å². The average Bonchev–Trinajstić information content (AvgIpc) is 2.81. The minimum atomic E-state index is 0.469. The molecule has 19 heavy (non-hydrogen) atoms. The van der Waals surface area contributed by atoms with Gasteiger partial charge in [0.1, 0.15) is 17.9 Å². The molecule has 3 heteroatoms. The number of fused-ring (bicyclic) bond motifs is 1. The van der Waals surface area contributed by atoms with E-state index in [9.17, 15) is 0 Å². The van der Waals surface area contributed by atoms with E-state index in [1.807, 2.05) is 43.3 Å². The summed E-state index contributed by atoms with van der Waals surface area (Å²) in [6.45, 7) is 2.50. The number of aryl methyl sites for hydroxylation is 1. The second kappa shape index (κ2) is 4.98. The molecule has 0 aliphatic heterocycles. The molecule has 0 aliphatic carbocycles. The minimum absolute atomic E-state index is 0.469. The van der Waals surface area contributed by atoms with E-state index < -0.39 is 0 Å². The van der Waals surface area contributed by atoms with Crippen molar-refractivity contribution in [1.29, 1.82) is 0 Å². The molecule has 96 valence electrons. The third-order valence-electron chi connectivity index (χ3n) is 3.07. The van der Waals surface area contributed by atoms with E-state index in [0.717, 1.165) is 27.8 Å². The Morgan fingerprint density at radius 3 is 2.84 bits per heavy atom. The predicted octanol–water partition coefficient (Wildman–Crippen LogP) is 4.97. The summed E-state index contributed by atoms with van der Waals surface area (Å²) in [7, 11) is 0. The Kier molecular flexibility index (Phi) is 3.18. The maximum Gasteiger partial charge on any atom is 0.137 e. The number of ether oxygens (including phenoxy) is 1. The van der Waals surface area contributed by atoms with Crippen molar-refractivity contribution in [2.45, 2.75) is 13.5 Å². The third-order valence-corrected chi connectivity index (χ3v) is 3.30. The van der Waals surface area contributed by atoms with Gasteiger partial charge in [-0.25, -0.2) is 0 Å². The topological polar surface area (TPSA) is 22.4 Å². The molecule has 0 fully saturated rings. The van der Waals surface area contributed by atoms with E-state index in [1.54, 1.807) is 12.3 Å². The largest absolute Gasteiger partial charge is 0.489 e. The number of rotatable bonds is 3. The zero-order valence-electron chi connectivity index (χ0n) is 10.5. The monoisotopic (exact) mass is 272 g/mol. The first-order valence-electron chi connectivity index (χ1n) is 6.08. The molecule has 3 rings (SSSR count). The van der Waals surface area contributed by atoms with Crippen molar-refractivity contribution in [2.75, 3.05) is 0 Å². The predicted molar refractivity (Wildman–Crippen MR) is 76.7 cm³/mol. The quantitative estimate of drug-likeness (QED) is 0.671. The number of hydrogen-bond acceptors (Lipinski definition) is 2. The van der Waals surface area contributed by atoms with Gasteiger partial charge in [-0.15, -0.1) is 0 Å². The van der Waals surface area contributed by atoms with E-state index in [4.69, 9.17) is 20.8 Å². The fourth-order valence-electron chi connectivity index (χ4n) is 2.08. The van der Waals surface area contributed by atoms with Crippen LogP contribution in [-0.4, -0.2) is 0 Å². The highest BCUT2D eigenvalue weighted by Crippen LogP contribution is 2.25. The molecule has 2 nitrogen and oxygen atoms in total. The molecule has 1 heterocycles. The van der Waals surface area contributed by atoms with E-state index in [1.165, 1.54) is 0 Å². The molecule has 3 aromatic rings. The van der Waals surface area contributed by atoms with Crippen molar-refractivity contribution in [3.63, 3.8) is 0 Å². The summed E-state index contributed by atoms with van der Waals surface area (Å²) >= 11 is 5.92. The summed E-state index contributed by atoms with van der Waals surface area (Å²) in [6, 6.07) is 13.5. The molecule has 0 aliphatic rings. The van der Waals surface area contributed by atoms with Gasteiger partial charge >= 0.3 is 0 Å². The standard InChI is InChI=1S/C16H13ClO2/c1-11-4-2-7-15-12(10-19-16(11)15)9-18-14-6-3-5-13(17)8-14/h2-8,10H,9H2,1H3. The molecular weight excluding hydrogens is 260 g/mol. The molecule has 1 aromatic heterocycles. The van der Waals surface area contributed by atoms with Crippen LogP contribution < -0.4 is 4.74 Å². The summed E-state index contributed by atoms with van der Waals surface area (Å²) in [5, 5.41) is 1.77. The zero-order chi connectivity index (χ0) is 13.2. The van der Waals surface area contributed by atoms with Crippen LogP contribution in [0.25, 0.3) is 11.0 Å². The van der Waals surface area contributed by atoms with Gasteiger partial charge in [0.2, 0.25) is 0 Å². The maximum atomic E-state index is 5.92. The van der Waals surface area contributed by atoms with Gasteiger partial charge in [-0.05, 0) is 30.7 Å². The minimum Gasteiger partial charge on any atom is -0.489 e. The molecule has 0 unspecified atom stereocenters. The number of furan rings is 1. The van der Waals surface area contributed by atoms with Gasteiger partial charge in [-0.1, -0.05) is 35.9 Å². The van der Waals surface area contributed by atoms with Crippen molar-refractivity contribution >= 4 is 22.6 Å². The van der Waals surface area contributed by atoms with Crippen molar-refractivity contribution in [2.24, 2.45) is 0 Å². The molecule has 0 atom stereocenters. The zero-order valence-corrected chi connectivity index (χ0v) is 11.3. The highest BCUT2D eigenvalue weighted by molar-refractivity contribution is 6.30. The van der Waals surface area contributed by atoms with Gasteiger partial charge < -0.3 is 9.15 Å². The number of benzene rings is 2. The fourth-order valence-corrected chi connectivity index (χ4v) is 2.27. The number of hydrogen-bond donors (Lipinski definition) is 0. The van der Waals surface area contributed by atoms with Gasteiger partial charge in [0, 0.05) is 16.0 Å². The van der Waals surface area contributed by atoms with E-state index in [2.05, 4.69) is 0 Å². The molecule has 2 aromatic carbocycles. The lowest BCUT2D eigenvalue weighted by molar-refractivity contribution is 0.306. The summed E-state index contributed by atoms with van der Waals surface area (Å²) in [5.74, 6) is 0.759. The summed E-state index contributed by atoms with van der Waals surface area (Å²) < 4.78 is 11.3. The highest BCUT2D eigenvalue weighted by atomic mass is 35.5. The highest BCUT2D eigenvalue weighted by Gasteiger charge is 2.08. The summed E-state index contributed by atoms with van der Waals surface area (Å²) in [6.07, 6.45) is 1.75. The molecule has 0 amide bonds. The van der Waals surface area contributed by atoms with Gasteiger partial charge in [0.15, 0.2) is 0 Å². The van der Waals surface area contributed by atoms with Crippen LogP contribution >= 0.6 is 11.6 Å². The smallest absolute Gasteiger partial charge is 0.137 e. The molecule has 0 saturated heterocycles. The van der Waals surface area contributed by atoms with Crippen LogP contribution in [0.15, 0.2) is 53.1 Å². The van der Waals surface area contributed by atoms with Gasteiger partial charge in [-0.2, -0.15) is 0 Å². The summed E-state index contributed by atoms with van der Waals surface area (Å²) in [4.78, 5) is 0. The van der Waals surface area contributed by atoms with Crippen LogP contribution in [-0.2, 0) is 6.61 Å². The molecule has 0 bridgehead atoms. The van der Waals surface area contributed by atoms with Gasteiger partial charge in [-0.3, -0.25) is 0 Å². The van der Waals surface area contributed by atoms with Crippen molar-refractivity contribution in [3.8, 4) is 5.75 Å². The lowest BCUT2D eigenvalue weighted by Gasteiger charge is -2.05. The SMILES string of the molecule is Cc1cccc2c(COc3cccc(Cl)c3)coc12. The molecule has 0 spiro atoms. The lowest BCUT2D eigenvalue weighted by atomic mass is 10.1. The Hall–Kier alpha value is -1.93. The van der Waals surface area contributed by atoms with Crippen LogP contribution in [0.3, 0.4) is 0 Å². The van der Waals surface area contributed by atoms with Crippen LogP contribution in [0.5, 0.6) is 5.75 Å². The second-order valence-electron chi connectivity index (χ2n) is 4.46. The van der Waals surface area contributed by atoms with E-state index in [-0.39, 0.29) is 0 Å². The Balaban J connectivity index is 1.84. The first-order chi connectivity index (χ1) is 9.24. The fraction of sp³-hybridized carbons (Fsp3) is 0.125. The Morgan fingerprint density at radius 1 is 1.16 bits per heavy atom. The van der Waals surface area contributed by atoms with Crippen LogP contribution in [0.2, 0.25) is 5.02 Å². The van der Waals surface area contributed by atoms with Crippen molar-refractivity contribution < 1.29 is 9.15 Å². The third kappa shape index (κ3) is 2.45. The van der Waals surface area contributed by atoms with E-state index in [0.29, 0.717) is 11.6 Å². The number of para-hydroxylation sites is 1. The van der Waals surface area contributed by atoms with Gasteiger partial charge in [0.25, 0.3) is 0 Å². The second-order valence-corrected chi connectivity index (χ2v) is 4.90. The average molecular weight is 273 g/mol. The van der Waals surface area contributed by atoms with Crippen molar-refractivity contribution in [1.82, 2.24) is 0 Å². The normalized spacial score (nSPS) is 10.8. The van der Waals surface area contributed by atoms with E-state index >= 15 is 0 Å². The van der Waals surface area contributed by atoms with Crippen LogP contribution in [0.4, 0.5) is 0 Å². The molecular formula is C16H13ClO2. The van der Waals surface area contributed by atoms with Crippen molar-refractivity contribution in [3.05, 3.63) is 64.9 Å². The van der Waals surface area contributed by atoms with Crippen LogP contribution in [0.1, 0.15) is 11.1 Å². The molecule has 0 radical (unpaired) electrons. The first kappa shape index (κ1) is 12.1. The number of halogens is 1. The Labute approximate surface area is 116 Å². The maximum absolute atomic E-state index is 5.92. The van der Waals surface area contributed by atoms with Crippen LogP contribution in [0, 0.1) is 6.92 Å². The lowest BCUT2D eigenvalue weighted by Crippen LogP contribution is -1.94.